The second kappa shape index (κ2) is 6.28. The number of fused-ring (bicyclic) bond motifs is 1. The van der Waals surface area contributed by atoms with Gasteiger partial charge < -0.3 is 10.1 Å². The third kappa shape index (κ3) is 3.62. The SMILES string of the molecule is CNCC1(CCOC(C)(C)C)CCCc2ccccc21. The van der Waals surface area contributed by atoms with Crippen molar-refractivity contribution in [2.45, 2.75) is 57.5 Å². The maximum Gasteiger partial charge on any atom is 0.0598 e. The van der Waals surface area contributed by atoms with E-state index in [1.54, 1.807) is 0 Å². The fourth-order valence-electron chi connectivity index (χ4n) is 3.43. The lowest BCUT2D eigenvalue weighted by atomic mass is 9.68. The van der Waals surface area contributed by atoms with Gasteiger partial charge in [0.05, 0.1) is 5.60 Å². The monoisotopic (exact) mass is 275 g/mol. The number of hydrogen-bond donors (Lipinski definition) is 1. The van der Waals surface area contributed by atoms with Crippen molar-refractivity contribution in [2.75, 3.05) is 20.2 Å². The number of ether oxygens (including phenoxy) is 1. The molecule has 1 aromatic carbocycles. The molecule has 20 heavy (non-hydrogen) atoms. The smallest absolute Gasteiger partial charge is 0.0598 e. The van der Waals surface area contributed by atoms with Crippen LogP contribution < -0.4 is 5.32 Å². The summed E-state index contributed by atoms with van der Waals surface area (Å²) in [6, 6.07) is 8.96. The van der Waals surface area contributed by atoms with Gasteiger partial charge in [0, 0.05) is 18.6 Å². The number of likely N-dealkylation sites (N-methyl/N-ethyl adjacent to an activating group) is 1. The van der Waals surface area contributed by atoms with E-state index in [-0.39, 0.29) is 11.0 Å². The van der Waals surface area contributed by atoms with Crippen LogP contribution in [0.15, 0.2) is 24.3 Å². The van der Waals surface area contributed by atoms with Crippen LogP contribution in [0.1, 0.15) is 51.2 Å². The molecule has 0 aromatic heterocycles. The topological polar surface area (TPSA) is 21.3 Å². The Hall–Kier alpha value is -0.860. The lowest BCUT2D eigenvalue weighted by molar-refractivity contribution is -0.0129. The summed E-state index contributed by atoms with van der Waals surface area (Å²) >= 11 is 0. The molecule has 0 fully saturated rings. The maximum atomic E-state index is 5.99. The summed E-state index contributed by atoms with van der Waals surface area (Å²) in [5, 5.41) is 3.41. The molecule has 0 heterocycles. The molecular weight excluding hydrogens is 246 g/mol. The molecular formula is C18H29NO. The second-order valence-electron chi connectivity index (χ2n) is 7.03. The molecule has 2 heteroatoms. The van der Waals surface area contributed by atoms with E-state index in [9.17, 15) is 0 Å². The van der Waals surface area contributed by atoms with Crippen LogP contribution in [-0.2, 0) is 16.6 Å². The van der Waals surface area contributed by atoms with Gasteiger partial charge in [-0.05, 0) is 64.6 Å². The molecule has 0 saturated carbocycles. The largest absolute Gasteiger partial charge is 0.376 e. The average molecular weight is 275 g/mol. The van der Waals surface area contributed by atoms with Gasteiger partial charge in [-0.15, -0.1) is 0 Å². The van der Waals surface area contributed by atoms with Crippen molar-refractivity contribution in [1.82, 2.24) is 5.32 Å². The molecule has 0 amide bonds. The van der Waals surface area contributed by atoms with Crippen LogP contribution in [0.4, 0.5) is 0 Å². The van der Waals surface area contributed by atoms with Crippen molar-refractivity contribution in [2.24, 2.45) is 0 Å². The number of hydrogen-bond acceptors (Lipinski definition) is 2. The Morgan fingerprint density at radius 2 is 2.00 bits per heavy atom. The Kier molecular flexibility index (Phi) is 4.87. The van der Waals surface area contributed by atoms with E-state index in [2.05, 4.69) is 57.4 Å². The minimum Gasteiger partial charge on any atom is -0.376 e. The lowest BCUT2D eigenvalue weighted by Crippen LogP contribution is -2.41. The first-order valence-corrected chi connectivity index (χ1v) is 7.84. The van der Waals surface area contributed by atoms with Gasteiger partial charge in [-0.1, -0.05) is 24.3 Å². The fraction of sp³-hybridized carbons (Fsp3) is 0.667. The molecule has 1 N–H and O–H groups in total. The van der Waals surface area contributed by atoms with Gasteiger partial charge in [-0.25, -0.2) is 0 Å². The van der Waals surface area contributed by atoms with Crippen molar-refractivity contribution in [3.05, 3.63) is 35.4 Å². The van der Waals surface area contributed by atoms with Crippen molar-refractivity contribution in [3.8, 4) is 0 Å². The van der Waals surface area contributed by atoms with E-state index in [0.29, 0.717) is 0 Å². The van der Waals surface area contributed by atoms with E-state index in [1.807, 2.05) is 0 Å². The van der Waals surface area contributed by atoms with Gasteiger partial charge in [0.25, 0.3) is 0 Å². The number of benzene rings is 1. The number of nitrogens with one attached hydrogen (secondary N) is 1. The fourth-order valence-corrected chi connectivity index (χ4v) is 3.43. The second-order valence-corrected chi connectivity index (χ2v) is 7.03. The molecule has 0 radical (unpaired) electrons. The van der Waals surface area contributed by atoms with Crippen LogP contribution in [0.25, 0.3) is 0 Å². The molecule has 1 unspecified atom stereocenters. The molecule has 1 atom stereocenters. The van der Waals surface area contributed by atoms with Crippen molar-refractivity contribution < 1.29 is 4.74 Å². The Bertz CT molecular complexity index is 435. The zero-order chi connectivity index (χ0) is 14.6. The quantitative estimate of drug-likeness (QED) is 0.885. The van der Waals surface area contributed by atoms with E-state index >= 15 is 0 Å². The molecule has 1 aliphatic carbocycles. The molecule has 1 aliphatic rings. The summed E-state index contributed by atoms with van der Waals surface area (Å²) in [4.78, 5) is 0. The normalized spacial score (nSPS) is 22.6. The van der Waals surface area contributed by atoms with Crippen LogP contribution in [0.3, 0.4) is 0 Å². The molecule has 2 nitrogen and oxygen atoms in total. The third-order valence-corrected chi connectivity index (χ3v) is 4.32. The van der Waals surface area contributed by atoms with E-state index < -0.39 is 0 Å². The standard InChI is InChI=1S/C18H29NO/c1-17(2,3)20-13-12-18(14-19-4)11-7-9-15-8-5-6-10-16(15)18/h5-6,8,10,19H,7,9,11-14H2,1-4H3. The minimum absolute atomic E-state index is 0.0466. The summed E-state index contributed by atoms with van der Waals surface area (Å²) in [6.45, 7) is 8.27. The molecule has 0 aliphatic heterocycles. The van der Waals surface area contributed by atoms with Gasteiger partial charge >= 0.3 is 0 Å². The van der Waals surface area contributed by atoms with Crippen molar-refractivity contribution >= 4 is 0 Å². The molecule has 0 bridgehead atoms. The first-order valence-electron chi connectivity index (χ1n) is 7.84. The molecule has 112 valence electrons. The Balaban J connectivity index is 2.18. The van der Waals surface area contributed by atoms with Gasteiger partial charge in [-0.3, -0.25) is 0 Å². The summed E-state index contributed by atoms with van der Waals surface area (Å²) in [6.07, 6.45) is 4.87. The number of rotatable bonds is 5. The van der Waals surface area contributed by atoms with Gasteiger partial charge in [-0.2, -0.15) is 0 Å². The van der Waals surface area contributed by atoms with Crippen LogP contribution in [0.5, 0.6) is 0 Å². The summed E-state index contributed by atoms with van der Waals surface area (Å²) in [5.41, 5.74) is 3.27. The summed E-state index contributed by atoms with van der Waals surface area (Å²) in [5.74, 6) is 0. The number of aryl methyl sites for hydroxylation is 1. The van der Waals surface area contributed by atoms with Crippen LogP contribution in [0.2, 0.25) is 0 Å². The Morgan fingerprint density at radius 1 is 1.25 bits per heavy atom. The zero-order valence-electron chi connectivity index (χ0n) is 13.5. The van der Waals surface area contributed by atoms with Gasteiger partial charge in [0.15, 0.2) is 0 Å². The van der Waals surface area contributed by atoms with E-state index in [0.717, 1.165) is 19.6 Å². The first-order chi connectivity index (χ1) is 9.47. The molecule has 2 rings (SSSR count). The molecule has 0 saturated heterocycles. The highest BCUT2D eigenvalue weighted by atomic mass is 16.5. The third-order valence-electron chi connectivity index (χ3n) is 4.32. The predicted octanol–water partition coefficient (Wildman–Crippen LogP) is 3.69. The Morgan fingerprint density at radius 3 is 2.70 bits per heavy atom. The molecule has 1 aromatic rings. The van der Waals surface area contributed by atoms with Crippen LogP contribution in [-0.4, -0.2) is 25.8 Å². The van der Waals surface area contributed by atoms with Crippen molar-refractivity contribution in [3.63, 3.8) is 0 Å². The highest BCUT2D eigenvalue weighted by molar-refractivity contribution is 5.37. The van der Waals surface area contributed by atoms with E-state index in [1.165, 1.54) is 30.4 Å². The first kappa shape index (κ1) is 15.5. The summed E-state index contributed by atoms with van der Waals surface area (Å²) < 4.78 is 5.99. The maximum absolute atomic E-state index is 5.99. The average Bonchev–Trinajstić information content (AvgIpc) is 2.38. The van der Waals surface area contributed by atoms with Crippen LogP contribution in [0, 0.1) is 0 Å². The van der Waals surface area contributed by atoms with Gasteiger partial charge in [0.2, 0.25) is 0 Å². The van der Waals surface area contributed by atoms with Gasteiger partial charge in [0.1, 0.15) is 0 Å². The zero-order valence-corrected chi connectivity index (χ0v) is 13.5. The molecule has 0 spiro atoms. The Labute approximate surface area is 123 Å². The highest BCUT2D eigenvalue weighted by Crippen LogP contribution is 2.39. The lowest BCUT2D eigenvalue weighted by Gasteiger charge is -2.40. The summed E-state index contributed by atoms with van der Waals surface area (Å²) in [7, 11) is 2.06. The van der Waals surface area contributed by atoms with E-state index in [4.69, 9.17) is 4.74 Å². The predicted molar refractivity (Wildman–Crippen MR) is 85.3 cm³/mol. The van der Waals surface area contributed by atoms with Crippen LogP contribution >= 0.6 is 0 Å². The minimum atomic E-state index is -0.0466. The highest BCUT2D eigenvalue weighted by Gasteiger charge is 2.35. The van der Waals surface area contributed by atoms with Crippen molar-refractivity contribution in [1.29, 1.82) is 0 Å².